The van der Waals surface area contributed by atoms with Gasteiger partial charge in [0.05, 0.1) is 24.1 Å². The van der Waals surface area contributed by atoms with Gasteiger partial charge in [-0.25, -0.2) is 5.48 Å². The Kier molecular flexibility index (Phi) is 9.17. The lowest BCUT2D eigenvalue weighted by Gasteiger charge is -2.41. The van der Waals surface area contributed by atoms with E-state index in [0.717, 1.165) is 47.6 Å². The van der Waals surface area contributed by atoms with Crippen molar-refractivity contribution in [2.24, 2.45) is 17.1 Å². The molecule has 0 unspecified atom stereocenters. The van der Waals surface area contributed by atoms with Gasteiger partial charge in [-0.1, -0.05) is 32.1 Å². The number of hydrogen-bond acceptors (Lipinski definition) is 7. The van der Waals surface area contributed by atoms with Gasteiger partial charge in [-0.05, 0) is 87.0 Å². The van der Waals surface area contributed by atoms with Crippen molar-refractivity contribution in [3.8, 4) is 5.75 Å². The maximum atomic E-state index is 12.9. The molecule has 198 valence electrons. The number of aromatic nitrogens is 1. The Morgan fingerprint density at radius 3 is 2.69 bits per heavy atom. The summed E-state index contributed by atoms with van der Waals surface area (Å²) in [5, 5.41) is 21.7. The van der Waals surface area contributed by atoms with Crippen LogP contribution in [0.2, 0.25) is 0 Å². The van der Waals surface area contributed by atoms with Crippen LogP contribution >= 0.6 is 0 Å². The van der Waals surface area contributed by atoms with Crippen LogP contribution in [0.25, 0.3) is 10.9 Å². The number of fused-ring (bicyclic) bond motifs is 1. The van der Waals surface area contributed by atoms with E-state index in [1.54, 1.807) is 13.3 Å². The molecule has 1 aliphatic carbocycles. The fraction of sp³-hybridized carbons (Fsp3) is 0.643. The summed E-state index contributed by atoms with van der Waals surface area (Å²) in [5.74, 6) is 1.18. The first-order chi connectivity index (χ1) is 17.5. The summed E-state index contributed by atoms with van der Waals surface area (Å²) >= 11 is 0. The van der Waals surface area contributed by atoms with E-state index < -0.39 is 11.5 Å². The van der Waals surface area contributed by atoms with Crippen molar-refractivity contribution in [2.75, 3.05) is 26.7 Å². The highest BCUT2D eigenvalue weighted by Crippen LogP contribution is 2.40. The summed E-state index contributed by atoms with van der Waals surface area (Å²) in [6.07, 6.45) is 11.1. The zero-order chi connectivity index (χ0) is 25.5. The van der Waals surface area contributed by atoms with E-state index in [0.29, 0.717) is 31.4 Å². The smallest absolute Gasteiger partial charge is 0.249 e. The lowest BCUT2D eigenvalue weighted by atomic mass is 9.73. The molecule has 0 bridgehead atoms. The number of pyridine rings is 1. The van der Waals surface area contributed by atoms with Gasteiger partial charge in [-0.2, -0.15) is 0 Å². The lowest BCUT2D eigenvalue weighted by molar-refractivity contribution is -0.143. The molecule has 36 heavy (non-hydrogen) atoms. The van der Waals surface area contributed by atoms with E-state index in [2.05, 4.69) is 9.88 Å². The Morgan fingerprint density at radius 2 is 2.03 bits per heavy atom. The molecule has 1 amide bonds. The maximum Gasteiger partial charge on any atom is 0.249 e. The van der Waals surface area contributed by atoms with Gasteiger partial charge in [0.1, 0.15) is 5.75 Å². The topological polar surface area (TPSA) is 121 Å². The second-order valence-electron chi connectivity index (χ2n) is 10.7. The Bertz CT molecular complexity index is 1010. The van der Waals surface area contributed by atoms with Gasteiger partial charge in [0.2, 0.25) is 5.91 Å². The molecule has 2 aliphatic rings. The Balaban J connectivity index is 1.44. The molecule has 0 radical (unpaired) electrons. The molecule has 8 nitrogen and oxygen atoms in total. The summed E-state index contributed by atoms with van der Waals surface area (Å²) in [5.41, 5.74) is 9.50. The highest BCUT2D eigenvalue weighted by molar-refractivity contribution is 5.85. The molecule has 1 saturated carbocycles. The van der Waals surface area contributed by atoms with E-state index in [4.69, 9.17) is 10.5 Å². The molecule has 8 heteroatoms. The number of carbonyl (C=O) groups excluding carboxylic acids is 1. The summed E-state index contributed by atoms with van der Waals surface area (Å²) in [6.45, 7) is 3.00. The van der Waals surface area contributed by atoms with Gasteiger partial charge in [-0.15, -0.1) is 0 Å². The number of methoxy groups -OCH3 is 1. The number of benzene rings is 1. The first-order valence-electron chi connectivity index (χ1n) is 13.5. The Hall–Kier alpha value is -2.26. The van der Waals surface area contributed by atoms with E-state index in [9.17, 15) is 15.1 Å². The number of hydroxylamine groups is 1. The average molecular weight is 499 g/mol. The molecule has 2 aromatic rings. The summed E-state index contributed by atoms with van der Waals surface area (Å²) in [6, 6.07) is 5.59. The fourth-order valence-electron chi connectivity index (χ4n) is 6.23. The van der Waals surface area contributed by atoms with Crippen LogP contribution in [-0.2, 0) is 11.3 Å². The first-order valence-corrected chi connectivity index (χ1v) is 13.5. The number of aliphatic hydroxyl groups is 1. The zero-order valence-electron chi connectivity index (χ0n) is 21.5. The van der Waals surface area contributed by atoms with Crippen LogP contribution in [0.5, 0.6) is 5.75 Å². The molecule has 1 atom stereocenters. The number of nitrogens with two attached hydrogens (primary N) is 1. The van der Waals surface area contributed by atoms with Crippen LogP contribution in [0.3, 0.4) is 0 Å². The highest BCUT2D eigenvalue weighted by atomic mass is 16.5. The van der Waals surface area contributed by atoms with E-state index >= 15 is 0 Å². The third kappa shape index (κ3) is 5.99. The third-order valence-corrected chi connectivity index (χ3v) is 8.62. The highest BCUT2D eigenvalue weighted by Gasteiger charge is 2.41. The van der Waals surface area contributed by atoms with Gasteiger partial charge in [0.25, 0.3) is 0 Å². The van der Waals surface area contributed by atoms with Crippen molar-refractivity contribution in [2.45, 2.75) is 76.9 Å². The quantitative estimate of drug-likeness (QED) is 0.288. The Morgan fingerprint density at radius 1 is 1.28 bits per heavy atom. The van der Waals surface area contributed by atoms with Crippen LogP contribution in [0.15, 0.2) is 24.4 Å². The number of piperidine rings is 1. The fourth-order valence-corrected chi connectivity index (χ4v) is 6.23. The molecular formula is C28H42N4O4. The summed E-state index contributed by atoms with van der Waals surface area (Å²) in [4.78, 5) is 19.8. The monoisotopic (exact) mass is 498 g/mol. The lowest BCUT2D eigenvalue weighted by Crippen LogP contribution is -2.48. The number of rotatable bonds is 10. The zero-order valence-corrected chi connectivity index (χ0v) is 21.5. The molecule has 1 aromatic carbocycles. The largest absolute Gasteiger partial charge is 0.497 e. The van der Waals surface area contributed by atoms with Crippen LogP contribution < -0.4 is 16.0 Å². The molecular weight excluding hydrogens is 456 g/mol. The molecule has 4 rings (SSSR count). The van der Waals surface area contributed by atoms with Crippen molar-refractivity contribution in [3.05, 3.63) is 35.5 Å². The van der Waals surface area contributed by atoms with Gasteiger partial charge < -0.3 is 20.5 Å². The first kappa shape index (κ1) is 26.8. The van der Waals surface area contributed by atoms with Crippen molar-refractivity contribution in [1.29, 1.82) is 0 Å². The number of amides is 1. The second kappa shape index (κ2) is 12.3. The number of nitrogens with one attached hydrogen (secondary N) is 1. The normalized spacial score (nSPS) is 19.8. The number of nitrogens with zero attached hydrogens (tertiary/aromatic N) is 2. The molecule has 1 saturated heterocycles. The van der Waals surface area contributed by atoms with E-state index in [-0.39, 0.29) is 12.5 Å². The van der Waals surface area contributed by atoms with Crippen LogP contribution in [0.1, 0.15) is 81.4 Å². The molecule has 5 N–H and O–H groups in total. The molecule has 0 spiro atoms. The molecule has 1 aromatic heterocycles. The number of hydrogen-bond donors (Lipinski definition) is 4. The number of aliphatic hydroxyl groups excluding tert-OH is 1. The van der Waals surface area contributed by atoms with Crippen LogP contribution in [-0.4, -0.2) is 52.8 Å². The van der Waals surface area contributed by atoms with Crippen LogP contribution in [0.4, 0.5) is 0 Å². The van der Waals surface area contributed by atoms with Crippen molar-refractivity contribution in [1.82, 2.24) is 15.4 Å². The van der Waals surface area contributed by atoms with Gasteiger partial charge in [-0.3, -0.25) is 15.0 Å². The van der Waals surface area contributed by atoms with E-state index in [1.807, 2.05) is 23.7 Å². The van der Waals surface area contributed by atoms with Crippen molar-refractivity contribution >= 4 is 16.8 Å². The molecule has 2 heterocycles. The van der Waals surface area contributed by atoms with Gasteiger partial charge in [0.15, 0.2) is 0 Å². The third-order valence-electron chi connectivity index (χ3n) is 8.62. The minimum atomic E-state index is -0.811. The predicted molar refractivity (Wildman–Crippen MR) is 140 cm³/mol. The minimum Gasteiger partial charge on any atom is -0.497 e. The summed E-state index contributed by atoms with van der Waals surface area (Å²) < 4.78 is 5.39. The Labute approximate surface area is 214 Å². The SMILES string of the molecule is COc1ccc2ncc(CN)c([C@H](O)CCC3(C(=O)NO)CCN(CCC4CCCCC4)CC3)c2c1. The standard InChI is InChI=1S/C28H42N4O4/c1-36-22-7-8-24-23(17-22)26(21(18-29)19-30-24)25(33)9-11-28(27(34)31-35)12-15-32(16-13-28)14-10-20-5-3-2-4-6-20/h7-8,17,19-20,25,33,35H,2-6,9-16,18,29H2,1H3,(H,31,34)/t25-/m1/s1. The number of likely N-dealkylation sites (tertiary alicyclic amines) is 1. The number of ether oxygens (including phenoxy) is 1. The maximum absolute atomic E-state index is 12.9. The number of carbonyl (C=O) groups is 1. The van der Waals surface area contributed by atoms with Gasteiger partial charge >= 0.3 is 0 Å². The molecule has 1 aliphatic heterocycles. The summed E-state index contributed by atoms with van der Waals surface area (Å²) in [7, 11) is 1.61. The average Bonchev–Trinajstić information content (AvgIpc) is 2.94. The van der Waals surface area contributed by atoms with Crippen molar-refractivity contribution < 1.29 is 19.8 Å². The molecule has 2 fully saturated rings. The minimum absolute atomic E-state index is 0.255. The van der Waals surface area contributed by atoms with E-state index in [1.165, 1.54) is 38.5 Å². The predicted octanol–water partition coefficient (Wildman–Crippen LogP) is 4.07. The van der Waals surface area contributed by atoms with Crippen molar-refractivity contribution in [3.63, 3.8) is 0 Å². The van der Waals surface area contributed by atoms with Crippen LogP contribution in [0, 0.1) is 11.3 Å². The second-order valence-corrected chi connectivity index (χ2v) is 10.7. The van der Waals surface area contributed by atoms with Gasteiger partial charge in [0, 0.05) is 18.1 Å².